The lowest BCUT2D eigenvalue weighted by Gasteiger charge is -2.21. The fourth-order valence-corrected chi connectivity index (χ4v) is 1.94. The van der Waals surface area contributed by atoms with E-state index in [0.29, 0.717) is 0 Å². The Kier molecular flexibility index (Phi) is 10.2. The topological polar surface area (TPSA) is 237 Å². The quantitative estimate of drug-likeness (QED) is 0.169. The number of aliphatic carboxylic acids is 1. The molecule has 4 unspecified atom stereocenters. The number of hydrogen-bond acceptors (Lipinski definition) is 7. The first kappa shape index (κ1) is 24.8. The average molecular weight is 402 g/mol. The molecule has 0 saturated carbocycles. The minimum Gasteiger partial charge on any atom is -0.480 e. The predicted octanol–water partition coefficient (Wildman–Crippen LogP) is -3.97. The van der Waals surface area contributed by atoms with Gasteiger partial charge in [-0.15, -0.1) is 0 Å². The van der Waals surface area contributed by atoms with E-state index in [9.17, 15) is 28.8 Å². The molecular weight excluding hydrogens is 376 g/mol. The molecule has 0 saturated heterocycles. The van der Waals surface area contributed by atoms with Crippen LogP contribution in [-0.4, -0.2) is 64.8 Å². The maximum atomic E-state index is 12.1. The lowest BCUT2D eigenvalue weighted by Crippen LogP contribution is -2.55. The van der Waals surface area contributed by atoms with E-state index in [0.717, 1.165) is 0 Å². The van der Waals surface area contributed by atoms with Crippen LogP contribution in [0.1, 0.15) is 33.1 Å². The standard InChI is InChI=1S/C15H26N6O7/c1-6(20-14(26)8(16)5-11(18)23)12(24)19-7(2)13(25)21-9(15(27)28)3-4-10(17)22/h6-9H,3-5,16H2,1-2H3,(H2,17,22)(H2,18,23)(H,19,24)(H,20,26)(H,21,25)(H,27,28). The minimum atomic E-state index is -1.36. The van der Waals surface area contributed by atoms with Crippen LogP contribution in [0.5, 0.6) is 0 Å². The molecule has 5 amide bonds. The first-order chi connectivity index (χ1) is 12.8. The fourth-order valence-electron chi connectivity index (χ4n) is 1.94. The zero-order valence-corrected chi connectivity index (χ0v) is 15.6. The Bertz CT molecular complexity index is 638. The van der Waals surface area contributed by atoms with E-state index in [-0.39, 0.29) is 12.8 Å². The summed E-state index contributed by atoms with van der Waals surface area (Å²) in [6.45, 7) is 2.62. The van der Waals surface area contributed by atoms with Crippen LogP contribution in [0.4, 0.5) is 0 Å². The molecule has 158 valence electrons. The molecule has 10 N–H and O–H groups in total. The summed E-state index contributed by atoms with van der Waals surface area (Å²) >= 11 is 0. The van der Waals surface area contributed by atoms with Crippen LogP contribution in [-0.2, 0) is 28.8 Å². The highest BCUT2D eigenvalue weighted by molar-refractivity contribution is 5.94. The van der Waals surface area contributed by atoms with Gasteiger partial charge in [0.25, 0.3) is 0 Å². The molecule has 0 aliphatic carbocycles. The highest BCUT2D eigenvalue weighted by Crippen LogP contribution is 1.99. The predicted molar refractivity (Wildman–Crippen MR) is 95.0 cm³/mol. The largest absolute Gasteiger partial charge is 0.480 e. The molecule has 13 heteroatoms. The van der Waals surface area contributed by atoms with Gasteiger partial charge in [0, 0.05) is 6.42 Å². The number of amides is 5. The second-order valence-corrected chi connectivity index (χ2v) is 6.14. The van der Waals surface area contributed by atoms with E-state index in [4.69, 9.17) is 22.3 Å². The van der Waals surface area contributed by atoms with Crippen molar-refractivity contribution in [3.63, 3.8) is 0 Å². The van der Waals surface area contributed by atoms with Crippen LogP contribution in [0.2, 0.25) is 0 Å². The minimum absolute atomic E-state index is 0.207. The van der Waals surface area contributed by atoms with E-state index in [1.165, 1.54) is 13.8 Å². The molecule has 4 atom stereocenters. The molecule has 0 spiro atoms. The summed E-state index contributed by atoms with van der Waals surface area (Å²) in [5.41, 5.74) is 15.3. The van der Waals surface area contributed by atoms with Crippen LogP contribution in [0.3, 0.4) is 0 Å². The van der Waals surface area contributed by atoms with Gasteiger partial charge in [-0.1, -0.05) is 0 Å². The van der Waals surface area contributed by atoms with Crippen LogP contribution in [0, 0.1) is 0 Å². The van der Waals surface area contributed by atoms with E-state index in [1.54, 1.807) is 0 Å². The summed E-state index contributed by atoms with van der Waals surface area (Å²) in [7, 11) is 0. The van der Waals surface area contributed by atoms with Gasteiger partial charge in [-0.3, -0.25) is 24.0 Å². The molecule has 0 aromatic rings. The molecule has 13 nitrogen and oxygen atoms in total. The van der Waals surface area contributed by atoms with Crippen molar-refractivity contribution in [2.75, 3.05) is 0 Å². The van der Waals surface area contributed by atoms with Crippen LogP contribution in [0.25, 0.3) is 0 Å². The summed E-state index contributed by atoms with van der Waals surface area (Å²) in [4.78, 5) is 68.5. The summed E-state index contributed by atoms with van der Waals surface area (Å²) < 4.78 is 0. The molecule has 0 aliphatic heterocycles. The molecular formula is C15H26N6O7. The van der Waals surface area contributed by atoms with Gasteiger partial charge in [-0.05, 0) is 20.3 Å². The number of rotatable bonds is 12. The fraction of sp³-hybridized carbons (Fsp3) is 0.600. The lowest BCUT2D eigenvalue weighted by molar-refractivity contribution is -0.142. The Balaban J connectivity index is 4.66. The van der Waals surface area contributed by atoms with Crippen molar-refractivity contribution in [1.82, 2.24) is 16.0 Å². The molecule has 0 radical (unpaired) electrons. The van der Waals surface area contributed by atoms with Gasteiger partial charge in [0.05, 0.1) is 12.5 Å². The zero-order chi connectivity index (χ0) is 22.0. The van der Waals surface area contributed by atoms with Crippen LogP contribution < -0.4 is 33.2 Å². The van der Waals surface area contributed by atoms with E-state index in [1.807, 2.05) is 0 Å². The van der Waals surface area contributed by atoms with Crippen molar-refractivity contribution in [1.29, 1.82) is 0 Å². The maximum Gasteiger partial charge on any atom is 0.326 e. The highest BCUT2D eigenvalue weighted by Gasteiger charge is 2.26. The smallest absolute Gasteiger partial charge is 0.326 e. The second-order valence-electron chi connectivity index (χ2n) is 6.14. The molecule has 0 fully saturated rings. The summed E-state index contributed by atoms with van der Waals surface area (Å²) in [5, 5.41) is 15.8. The molecule has 0 aliphatic rings. The third kappa shape index (κ3) is 9.47. The Hall–Kier alpha value is -3.22. The average Bonchev–Trinajstić information content (AvgIpc) is 2.56. The summed E-state index contributed by atoms with van der Waals surface area (Å²) in [5.74, 6) is -5.20. The normalized spacial score (nSPS) is 14.7. The van der Waals surface area contributed by atoms with Crippen molar-refractivity contribution >= 4 is 35.5 Å². The molecule has 0 aromatic heterocycles. The highest BCUT2D eigenvalue weighted by atomic mass is 16.4. The summed E-state index contributed by atoms with van der Waals surface area (Å²) in [6.07, 6.45) is -0.852. The van der Waals surface area contributed by atoms with Crippen LogP contribution in [0.15, 0.2) is 0 Å². The van der Waals surface area contributed by atoms with Crippen molar-refractivity contribution in [2.45, 2.75) is 57.3 Å². The molecule has 0 heterocycles. The number of carboxylic acids is 1. The van der Waals surface area contributed by atoms with E-state index < -0.39 is 66.1 Å². The maximum absolute atomic E-state index is 12.1. The number of hydrogen-bond donors (Lipinski definition) is 7. The van der Waals surface area contributed by atoms with Crippen molar-refractivity contribution in [3.8, 4) is 0 Å². The third-order valence-corrected chi connectivity index (χ3v) is 3.56. The van der Waals surface area contributed by atoms with Crippen LogP contribution >= 0.6 is 0 Å². The molecule has 0 bridgehead atoms. The Morgan fingerprint density at radius 3 is 1.71 bits per heavy atom. The number of nitrogens with two attached hydrogens (primary N) is 3. The van der Waals surface area contributed by atoms with Gasteiger partial charge < -0.3 is 38.3 Å². The Morgan fingerprint density at radius 2 is 1.29 bits per heavy atom. The third-order valence-electron chi connectivity index (χ3n) is 3.56. The van der Waals surface area contributed by atoms with E-state index in [2.05, 4.69) is 16.0 Å². The first-order valence-electron chi connectivity index (χ1n) is 8.31. The summed E-state index contributed by atoms with van der Waals surface area (Å²) in [6, 6.07) is -4.81. The van der Waals surface area contributed by atoms with Gasteiger partial charge >= 0.3 is 5.97 Å². The zero-order valence-electron chi connectivity index (χ0n) is 15.6. The van der Waals surface area contributed by atoms with Crippen molar-refractivity contribution in [3.05, 3.63) is 0 Å². The number of carboxylic acid groups (broad SMARTS) is 1. The Morgan fingerprint density at radius 1 is 0.821 bits per heavy atom. The lowest BCUT2D eigenvalue weighted by atomic mass is 10.1. The SMILES string of the molecule is CC(NC(=O)C(N)CC(N)=O)C(=O)NC(C)C(=O)NC(CCC(N)=O)C(=O)O. The van der Waals surface area contributed by atoms with Gasteiger partial charge in [0.15, 0.2) is 0 Å². The number of carbonyl (C=O) groups excluding carboxylic acids is 5. The molecule has 0 aromatic carbocycles. The van der Waals surface area contributed by atoms with Gasteiger partial charge in [0.1, 0.15) is 18.1 Å². The molecule has 28 heavy (non-hydrogen) atoms. The van der Waals surface area contributed by atoms with Gasteiger partial charge in [-0.2, -0.15) is 0 Å². The molecule has 0 rings (SSSR count). The number of nitrogens with one attached hydrogen (secondary N) is 3. The number of primary amides is 2. The van der Waals surface area contributed by atoms with E-state index >= 15 is 0 Å². The van der Waals surface area contributed by atoms with Crippen molar-refractivity contribution < 1.29 is 33.9 Å². The second kappa shape index (κ2) is 11.5. The number of carbonyl (C=O) groups is 6. The van der Waals surface area contributed by atoms with Gasteiger partial charge in [-0.25, -0.2) is 4.79 Å². The van der Waals surface area contributed by atoms with Crippen molar-refractivity contribution in [2.24, 2.45) is 17.2 Å². The Labute approximate surface area is 160 Å². The monoisotopic (exact) mass is 402 g/mol. The van der Waals surface area contributed by atoms with Gasteiger partial charge in [0.2, 0.25) is 29.5 Å². The first-order valence-corrected chi connectivity index (χ1v) is 8.31.